The maximum absolute atomic E-state index is 13.7. The molecule has 512 valence electrons. The van der Waals surface area contributed by atoms with E-state index in [1.54, 1.807) is 31.9 Å². The fourth-order valence-electron chi connectivity index (χ4n) is 8.20. The van der Waals surface area contributed by atoms with Gasteiger partial charge in [-0.3, -0.25) is 111 Å². The van der Waals surface area contributed by atoms with Crippen molar-refractivity contribution in [3.63, 3.8) is 0 Å². The SMILES string of the molecule is O=C(O)C[C@H](NC(=O)[C@H](CC(=O)O)NC(=O)[C@H](CC(=O)O)NC(=O)[C@H](CC(=O)O)NC(=O)[C@H](CC(=O)O)NC(=O)[C@H](CC(=O)O)NC(=O)[C@H](CC(=O)O)NC(=O)[C@H](CC(=O)O)NC(=O)CN1CCN(CC(=O)O)CCN(CC(=O)O)CCN(CC(=O)O)CC1)C(=O)O. The molecule has 44 heteroatoms. The van der Waals surface area contributed by atoms with Gasteiger partial charge in [0.25, 0.3) is 0 Å². The molecule has 1 aliphatic rings. The first-order valence-corrected chi connectivity index (χ1v) is 26.7. The van der Waals surface area contributed by atoms with E-state index in [-0.39, 0.29) is 52.4 Å². The first kappa shape index (κ1) is 79.3. The molecule has 1 fully saturated rings. The van der Waals surface area contributed by atoms with Crippen molar-refractivity contribution in [3.05, 3.63) is 0 Å². The Balaban J connectivity index is 3.54. The zero-order valence-electron chi connectivity index (χ0n) is 48.1. The smallest absolute Gasteiger partial charge is 0.326 e. The Bertz CT molecular complexity index is 2790. The van der Waals surface area contributed by atoms with E-state index in [1.807, 2.05) is 5.32 Å². The number of amides is 8. The first-order valence-electron chi connectivity index (χ1n) is 26.7. The van der Waals surface area contributed by atoms with Crippen LogP contribution in [0.25, 0.3) is 0 Å². The Labute approximate surface area is 515 Å². The summed E-state index contributed by atoms with van der Waals surface area (Å²) in [7, 11) is 0. The van der Waals surface area contributed by atoms with Crippen LogP contribution < -0.4 is 42.5 Å². The maximum atomic E-state index is 13.7. The van der Waals surface area contributed by atoms with Crippen molar-refractivity contribution in [2.75, 3.05) is 78.5 Å². The fourth-order valence-corrected chi connectivity index (χ4v) is 8.20. The molecule has 0 radical (unpaired) electrons. The Morgan fingerprint density at radius 1 is 0.217 bits per heavy atom. The molecule has 0 spiro atoms. The van der Waals surface area contributed by atoms with Crippen LogP contribution in [0.1, 0.15) is 51.4 Å². The second-order valence-electron chi connectivity index (χ2n) is 20.0. The van der Waals surface area contributed by atoms with Gasteiger partial charge in [0.1, 0.15) is 48.3 Å². The number of carboxylic acid groups (broad SMARTS) is 12. The van der Waals surface area contributed by atoms with Gasteiger partial charge in [0, 0.05) is 52.4 Å². The van der Waals surface area contributed by atoms with Crippen LogP contribution in [0.3, 0.4) is 0 Å². The normalized spacial score (nSPS) is 16.0. The zero-order valence-corrected chi connectivity index (χ0v) is 48.1. The lowest BCUT2D eigenvalue weighted by Crippen LogP contribution is -2.61. The third kappa shape index (κ3) is 33.0. The van der Waals surface area contributed by atoms with E-state index in [0.717, 1.165) is 0 Å². The van der Waals surface area contributed by atoms with Crippen molar-refractivity contribution in [1.82, 2.24) is 62.1 Å². The summed E-state index contributed by atoms with van der Waals surface area (Å²) >= 11 is 0. The van der Waals surface area contributed by atoms with Gasteiger partial charge < -0.3 is 104 Å². The lowest BCUT2D eigenvalue weighted by molar-refractivity contribution is -0.148. The molecule has 8 amide bonds. The van der Waals surface area contributed by atoms with Crippen molar-refractivity contribution in [2.45, 2.75) is 99.7 Å². The van der Waals surface area contributed by atoms with Gasteiger partial charge in [-0.2, -0.15) is 0 Å². The molecule has 0 aromatic carbocycles. The number of rotatable bonds is 40. The number of aliphatic carboxylic acids is 12. The monoisotopic (exact) mass is 1320 g/mol. The molecule has 0 bridgehead atoms. The van der Waals surface area contributed by atoms with Crippen LogP contribution in [0, 0.1) is 0 Å². The van der Waals surface area contributed by atoms with Crippen molar-refractivity contribution in [2.24, 2.45) is 0 Å². The topological polar surface area (TPSA) is 693 Å². The van der Waals surface area contributed by atoms with E-state index in [2.05, 4.69) is 5.32 Å². The molecule has 1 aliphatic heterocycles. The van der Waals surface area contributed by atoms with Gasteiger partial charge in [-0.1, -0.05) is 0 Å². The Morgan fingerprint density at radius 2 is 0.370 bits per heavy atom. The minimum Gasteiger partial charge on any atom is -0.481 e. The Hall–Kier alpha value is -10.8. The summed E-state index contributed by atoms with van der Waals surface area (Å²) in [5.41, 5.74) is 0. The molecule has 0 aliphatic carbocycles. The van der Waals surface area contributed by atoms with Gasteiger partial charge in [0.15, 0.2) is 0 Å². The van der Waals surface area contributed by atoms with Crippen molar-refractivity contribution in [1.29, 1.82) is 0 Å². The molecule has 1 heterocycles. The van der Waals surface area contributed by atoms with Crippen molar-refractivity contribution in [3.8, 4) is 0 Å². The number of carbonyl (C=O) groups is 20. The summed E-state index contributed by atoms with van der Waals surface area (Å²) < 4.78 is 0. The van der Waals surface area contributed by atoms with Gasteiger partial charge in [0.2, 0.25) is 47.3 Å². The minimum absolute atomic E-state index is 0.00532. The van der Waals surface area contributed by atoms with Crippen molar-refractivity contribution >= 4 is 119 Å². The zero-order chi connectivity index (χ0) is 70.3. The van der Waals surface area contributed by atoms with E-state index >= 15 is 0 Å². The van der Waals surface area contributed by atoms with Gasteiger partial charge in [-0.15, -0.1) is 0 Å². The molecule has 0 saturated carbocycles. The Kier molecular flexibility index (Phi) is 33.8. The van der Waals surface area contributed by atoms with Crippen LogP contribution in [0.4, 0.5) is 0 Å². The highest BCUT2D eigenvalue weighted by Gasteiger charge is 2.38. The third-order valence-electron chi connectivity index (χ3n) is 12.5. The molecule has 1 saturated heterocycles. The number of hydrogen-bond acceptors (Lipinski definition) is 24. The molecule has 20 N–H and O–H groups in total. The largest absolute Gasteiger partial charge is 0.481 e. The van der Waals surface area contributed by atoms with Gasteiger partial charge >= 0.3 is 71.6 Å². The number of carbonyl (C=O) groups excluding carboxylic acids is 8. The summed E-state index contributed by atoms with van der Waals surface area (Å²) in [5, 5.41) is 128. The number of nitrogens with zero attached hydrogens (tertiary/aromatic N) is 4. The van der Waals surface area contributed by atoms with E-state index in [4.69, 9.17) is 5.11 Å². The summed E-state index contributed by atoms with van der Waals surface area (Å²) in [6.45, 7) is -2.89. The lowest BCUT2D eigenvalue weighted by atomic mass is 10.1. The fraction of sp³-hybridized carbons (Fsp3) is 0.583. The standard InChI is InChI=1S/C48H68N12O32/c61-29(17-57-1-3-58(18-38(78)79)5-7-60(20-40(82)83)8-6-59(4-2-57)19-39(80)81)49-21(9-30(62)63)41(84)50-22(10-31(64)65)42(85)51-23(11-32(66)67)43(86)52-24(12-33(68)69)44(87)53-25(13-34(70)71)45(88)54-26(14-35(72)73)46(89)55-27(15-36(74)75)47(90)56-28(48(91)92)16-37(76)77/h21-28H,1-20H2,(H,49,61)(H,50,84)(H,51,85)(H,52,86)(H,53,87)(H,54,88)(H,55,89)(H,56,90)(H,62,63)(H,64,65)(H,66,67)(H,68,69)(H,70,71)(H,72,73)(H,74,75)(H,76,77)(H,78,79)(H,80,81)(H,82,83)(H,91,92)/t21-,22-,23-,24-,25-,26-,27-,28-/m0/s1. The van der Waals surface area contributed by atoms with Crippen LogP contribution >= 0.6 is 0 Å². The average molecular weight is 1330 g/mol. The summed E-state index contributed by atoms with van der Waals surface area (Å²) in [5.74, 6) is -34.4. The maximum Gasteiger partial charge on any atom is 0.326 e. The predicted octanol–water partition coefficient (Wildman–Crippen LogP) is -10.8. The van der Waals surface area contributed by atoms with Gasteiger partial charge in [-0.05, 0) is 0 Å². The highest BCUT2D eigenvalue weighted by Crippen LogP contribution is 2.09. The molecule has 0 aromatic rings. The molecule has 8 atom stereocenters. The number of hydrogen-bond donors (Lipinski definition) is 20. The first-order chi connectivity index (χ1) is 42.7. The second kappa shape index (κ2) is 39.3. The van der Waals surface area contributed by atoms with Gasteiger partial charge in [0.05, 0.1) is 77.5 Å². The van der Waals surface area contributed by atoms with E-state index < -0.39 is 245 Å². The highest BCUT2D eigenvalue weighted by molar-refractivity contribution is 6.02. The average Bonchev–Trinajstić information content (AvgIpc) is 1.11. The molecular formula is C48H68N12O32. The molecule has 0 aromatic heterocycles. The predicted molar refractivity (Wildman–Crippen MR) is 290 cm³/mol. The highest BCUT2D eigenvalue weighted by atomic mass is 16.4. The molecular weight excluding hydrogens is 1260 g/mol. The Morgan fingerprint density at radius 3 is 0.533 bits per heavy atom. The summed E-state index contributed by atoms with van der Waals surface area (Å²) in [6, 6.07) is -19.2. The minimum atomic E-state index is -2.54. The van der Waals surface area contributed by atoms with E-state index in [1.165, 1.54) is 19.6 Å². The van der Waals surface area contributed by atoms with Crippen molar-refractivity contribution < 1.29 is 157 Å². The van der Waals surface area contributed by atoms with Crippen LogP contribution in [0.2, 0.25) is 0 Å². The van der Waals surface area contributed by atoms with Crippen LogP contribution in [-0.4, -0.2) is 327 Å². The van der Waals surface area contributed by atoms with Gasteiger partial charge in [-0.25, -0.2) is 4.79 Å². The van der Waals surface area contributed by atoms with Crippen LogP contribution in [0.15, 0.2) is 0 Å². The van der Waals surface area contributed by atoms with Crippen LogP contribution in [0.5, 0.6) is 0 Å². The number of nitrogens with one attached hydrogen (secondary N) is 8. The van der Waals surface area contributed by atoms with E-state index in [9.17, 15) is 152 Å². The summed E-state index contributed by atoms with van der Waals surface area (Å²) in [6.07, 6.45) is -11.5. The quantitative estimate of drug-likeness (QED) is 0.0271. The summed E-state index contributed by atoms with van der Waals surface area (Å²) in [4.78, 5) is 254. The molecule has 92 heavy (non-hydrogen) atoms. The molecule has 44 nitrogen and oxygen atoms in total. The molecule has 0 unspecified atom stereocenters. The lowest BCUT2D eigenvalue weighted by Gasteiger charge is -2.33. The second-order valence-corrected chi connectivity index (χ2v) is 20.0. The molecule has 1 rings (SSSR count). The third-order valence-corrected chi connectivity index (χ3v) is 12.5. The van der Waals surface area contributed by atoms with E-state index in [0.29, 0.717) is 0 Å². The van der Waals surface area contributed by atoms with Crippen LogP contribution in [-0.2, 0) is 95.9 Å². The number of carboxylic acids is 12.